The molecule has 28 heavy (non-hydrogen) atoms. The van der Waals surface area contributed by atoms with Crippen molar-refractivity contribution in [3.63, 3.8) is 0 Å². The van der Waals surface area contributed by atoms with Crippen LogP contribution in [0.15, 0.2) is 60.0 Å². The van der Waals surface area contributed by atoms with Gasteiger partial charge in [-0.15, -0.1) is 22.7 Å². The fraction of sp³-hybridized carbons (Fsp3) is 0.200. The van der Waals surface area contributed by atoms with E-state index in [9.17, 15) is 0 Å². The lowest BCUT2D eigenvalue weighted by atomic mass is 9.62. The Balaban J connectivity index is 1.30. The van der Waals surface area contributed by atoms with Gasteiger partial charge in [0.25, 0.3) is 0 Å². The zero-order valence-corrected chi connectivity index (χ0v) is 17.3. The van der Waals surface area contributed by atoms with Crippen LogP contribution >= 0.6 is 22.7 Å². The molecule has 0 spiro atoms. The Hall–Kier alpha value is -2.36. The molecule has 2 aromatic carbocycles. The van der Waals surface area contributed by atoms with Gasteiger partial charge in [0.05, 0.1) is 7.11 Å². The minimum atomic E-state index is 0.560. The summed E-state index contributed by atoms with van der Waals surface area (Å²) in [6.45, 7) is 0. The lowest BCUT2D eigenvalue weighted by Crippen LogP contribution is -2.25. The first-order valence-corrected chi connectivity index (χ1v) is 11.4. The quantitative estimate of drug-likeness (QED) is 0.358. The van der Waals surface area contributed by atoms with Crippen LogP contribution in [0.3, 0.4) is 0 Å². The van der Waals surface area contributed by atoms with Crippen LogP contribution in [-0.2, 0) is 12.8 Å². The molecule has 0 radical (unpaired) electrons. The third kappa shape index (κ3) is 2.43. The summed E-state index contributed by atoms with van der Waals surface area (Å²) >= 11 is 3.82. The number of fused-ring (bicyclic) bond motifs is 8. The molecule has 2 aromatic heterocycles. The molecule has 2 aliphatic carbocycles. The highest BCUT2D eigenvalue weighted by Crippen LogP contribution is 2.58. The maximum atomic E-state index is 5.26. The molecular formula is C25H20OS2. The topological polar surface area (TPSA) is 9.23 Å². The summed E-state index contributed by atoms with van der Waals surface area (Å²) in [5, 5.41) is 3.72. The van der Waals surface area contributed by atoms with E-state index in [1.165, 1.54) is 31.0 Å². The predicted molar refractivity (Wildman–Crippen MR) is 120 cm³/mol. The average molecular weight is 401 g/mol. The number of ether oxygens (including phenoxy) is 1. The molecule has 6 rings (SSSR count). The fourth-order valence-electron chi connectivity index (χ4n) is 4.78. The van der Waals surface area contributed by atoms with Gasteiger partial charge in [0, 0.05) is 26.3 Å². The molecule has 0 N–H and O–H groups in total. The van der Waals surface area contributed by atoms with Crippen molar-refractivity contribution < 1.29 is 4.74 Å². The maximum Gasteiger partial charge on any atom is 0.118 e. The molecular weight excluding hydrogens is 380 g/mol. The molecule has 0 fully saturated rings. The molecule has 0 amide bonds. The van der Waals surface area contributed by atoms with Gasteiger partial charge in [0.15, 0.2) is 0 Å². The summed E-state index contributed by atoms with van der Waals surface area (Å²) in [6, 6.07) is 18.0. The van der Waals surface area contributed by atoms with Gasteiger partial charge in [-0.25, -0.2) is 0 Å². The molecule has 4 aromatic rings. The third-order valence-corrected chi connectivity index (χ3v) is 8.25. The Bertz CT molecular complexity index is 1210. The van der Waals surface area contributed by atoms with Crippen molar-refractivity contribution in [3.05, 3.63) is 92.0 Å². The summed E-state index contributed by atoms with van der Waals surface area (Å²) in [6.07, 6.45) is 6.93. The average Bonchev–Trinajstić information content (AvgIpc) is 3.34. The van der Waals surface area contributed by atoms with Crippen molar-refractivity contribution in [2.45, 2.75) is 24.7 Å². The fourth-order valence-corrected chi connectivity index (χ4v) is 6.70. The third-order valence-electron chi connectivity index (χ3n) is 6.19. The Morgan fingerprint density at radius 2 is 1.86 bits per heavy atom. The number of hydrogen-bond acceptors (Lipinski definition) is 3. The Kier molecular flexibility index (Phi) is 3.75. The van der Waals surface area contributed by atoms with E-state index < -0.39 is 0 Å². The van der Waals surface area contributed by atoms with Crippen molar-refractivity contribution in [2.24, 2.45) is 0 Å². The van der Waals surface area contributed by atoms with Crippen LogP contribution in [0, 0.1) is 0 Å². The van der Waals surface area contributed by atoms with Crippen molar-refractivity contribution in [3.8, 4) is 5.75 Å². The smallest absolute Gasteiger partial charge is 0.118 e. The Morgan fingerprint density at radius 3 is 2.71 bits per heavy atom. The van der Waals surface area contributed by atoms with Gasteiger partial charge >= 0.3 is 0 Å². The van der Waals surface area contributed by atoms with Crippen LogP contribution in [0.4, 0.5) is 0 Å². The number of rotatable bonds is 4. The highest BCUT2D eigenvalue weighted by molar-refractivity contribution is 7.19. The first-order chi connectivity index (χ1) is 13.8. The summed E-state index contributed by atoms with van der Waals surface area (Å²) in [7, 11) is 1.72. The molecule has 2 heterocycles. The van der Waals surface area contributed by atoms with E-state index in [2.05, 4.69) is 66.1 Å². The van der Waals surface area contributed by atoms with Gasteiger partial charge in [-0.1, -0.05) is 24.3 Å². The van der Waals surface area contributed by atoms with Crippen molar-refractivity contribution >= 4 is 38.8 Å². The number of aryl methyl sites for hydroxylation is 2. The molecule has 2 unspecified atom stereocenters. The van der Waals surface area contributed by atoms with E-state index in [0.29, 0.717) is 11.8 Å². The van der Waals surface area contributed by atoms with Crippen LogP contribution < -0.4 is 4.74 Å². The molecule has 3 heteroatoms. The number of thiophene rings is 2. The maximum absolute atomic E-state index is 5.26. The first-order valence-electron chi connectivity index (χ1n) is 9.75. The SMILES string of the molecule is COc1ccc(CCc2cc3c4c(ccc3s2)C2c3ccsc3C=CC42)cc1. The summed E-state index contributed by atoms with van der Waals surface area (Å²) in [5.41, 5.74) is 6.01. The van der Waals surface area contributed by atoms with Gasteiger partial charge in [0.1, 0.15) is 5.75 Å². The van der Waals surface area contributed by atoms with Gasteiger partial charge in [0.2, 0.25) is 0 Å². The number of methoxy groups -OCH3 is 1. The molecule has 0 aliphatic heterocycles. The van der Waals surface area contributed by atoms with Crippen LogP contribution in [0.2, 0.25) is 0 Å². The molecule has 0 saturated carbocycles. The lowest BCUT2D eigenvalue weighted by molar-refractivity contribution is 0.414. The van der Waals surface area contributed by atoms with Crippen LogP contribution in [-0.4, -0.2) is 7.11 Å². The van der Waals surface area contributed by atoms with Crippen molar-refractivity contribution in [1.29, 1.82) is 0 Å². The second-order valence-electron chi connectivity index (χ2n) is 7.64. The number of allylic oxidation sites excluding steroid dienone is 1. The van der Waals surface area contributed by atoms with E-state index in [1.807, 2.05) is 22.7 Å². The Morgan fingerprint density at radius 1 is 0.964 bits per heavy atom. The monoisotopic (exact) mass is 400 g/mol. The highest BCUT2D eigenvalue weighted by Gasteiger charge is 2.41. The van der Waals surface area contributed by atoms with E-state index in [4.69, 9.17) is 4.74 Å². The minimum absolute atomic E-state index is 0.560. The zero-order valence-electron chi connectivity index (χ0n) is 15.6. The van der Waals surface area contributed by atoms with Crippen molar-refractivity contribution in [2.75, 3.05) is 7.11 Å². The van der Waals surface area contributed by atoms with Gasteiger partial charge < -0.3 is 4.74 Å². The normalized spacial score (nSPS) is 19.0. The van der Waals surface area contributed by atoms with E-state index in [0.717, 1.165) is 18.6 Å². The molecule has 138 valence electrons. The zero-order chi connectivity index (χ0) is 18.7. The largest absolute Gasteiger partial charge is 0.497 e. The second kappa shape index (κ2) is 6.33. The first kappa shape index (κ1) is 16.6. The highest BCUT2D eigenvalue weighted by atomic mass is 32.1. The van der Waals surface area contributed by atoms with Crippen LogP contribution in [0.5, 0.6) is 5.75 Å². The molecule has 2 atom stereocenters. The van der Waals surface area contributed by atoms with Crippen LogP contribution in [0.25, 0.3) is 16.2 Å². The molecule has 0 bridgehead atoms. The van der Waals surface area contributed by atoms with E-state index >= 15 is 0 Å². The van der Waals surface area contributed by atoms with Gasteiger partial charge in [-0.3, -0.25) is 0 Å². The summed E-state index contributed by atoms with van der Waals surface area (Å²) in [4.78, 5) is 2.93. The molecule has 1 nitrogen and oxygen atoms in total. The second-order valence-corrected chi connectivity index (χ2v) is 9.76. The van der Waals surface area contributed by atoms with E-state index in [-0.39, 0.29) is 0 Å². The van der Waals surface area contributed by atoms with Crippen LogP contribution in [0.1, 0.15) is 43.8 Å². The molecule has 0 saturated heterocycles. The minimum Gasteiger partial charge on any atom is -0.497 e. The molecule has 2 aliphatic rings. The summed E-state index contributed by atoms with van der Waals surface area (Å²) in [5.74, 6) is 2.06. The van der Waals surface area contributed by atoms with Crippen molar-refractivity contribution in [1.82, 2.24) is 0 Å². The van der Waals surface area contributed by atoms with E-state index in [1.54, 1.807) is 18.2 Å². The summed E-state index contributed by atoms with van der Waals surface area (Å²) < 4.78 is 6.70. The predicted octanol–water partition coefficient (Wildman–Crippen LogP) is 7.01. The van der Waals surface area contributed by atoms with Gasteiger partial charge in [-0.05, 0) is 82.3 Å². The number of benzene rings is 2. The Labute approximate surface area is 172 Å². The van der Waals surface area contributed by atoms with Gasteiger partial charge in [-0.2, -0.15) is 0 Å². The number of hydrogen-bond donors (Lipinski definition) is 0. The standard InChI is InChI=1S/C25H20OS2/c1-26-16-5-2-15(3-6-16)4-7-17-14-21-23(28-17)11-9-20-24-18-12-13-27-22(18)10-8-19(24)25(20)21/h2-3,5-6,8-14,19,24H,4,7H2,1H3. The lowest BCUT2D eigenvalue weighted by Gasteiger charge is -2.41.